The second-order valence-electron chi connectivity index (χ2n) is 14.3. The number of carbonyl (C=O) groups is 1. The number of hydrogen-bond acceptors (Lipinski definition) is 5. The predicted octanol–water partition coefficient (Wildman–Crippen LogP) is 9.30. The van der Waals surface area contributed by atoms with Crippen molar-refractivity contribution in [1.82, 2.24) is 14.8 Å². The van der Waals surface area contributed by atoms with Gasteiger partial charge in [0.2, 0.25) is 0 Å². The van der Waals surface area contributed by atoms with E-state index in [1.165, 1.54) is 125 Å². The molecule has 0 bridgehead atoms. The van der Waals surface area contributed by atoms with Gasteiger partial charge in [-0.05, 0) is 134 Å². The van der Waals surface area contributed by atoms with Gasteiger partial charge in [0.05, 0.1) is 0 Å². The van der Waals surface area contributed by atoms with Crippen LogP contribution in [0.1, 0.15) is 108 Å². The third-order valence-corrected chi connectivity index (χ3v) is 10.8. The number of pyridine rings is 1. The summed E-state index contributed by atoms with van der Waals surface area (Å²) in [6, 6.07) is 14.2. The average molecular weight is 647 g/mol. The van der Waals surface area contributed by atoms with Crippen molar-refractivity contribution in [3.63, 3.8) is 0 Å². The fourth-order valence-corrected chi connectivity index (χ4v) is 7.92. The summed E-state index contributed by atoms with van der Waals surface area (Å²) in [4.78, 5) is 21.6. The van der Waals surface area contributed by atoms with Gasteiger partial charge in [-0.2, -0.15) is 0 Å². The van der Waals surface area contributed by atoms with E-state index >= 15 is 0 Å². The van der Waals surface area contributed by atoms with Crippen molar-refractivity contribution < 1.29 is 9.90 Å². The summed E-state index contributed by atoms with van der Waals surface area (Å²) in [7, 11) is 0. The lowest BCUT2D eigenvalue weighted by Gasteiger charge is -2.36. The molecule has 47 heavy (non-hydrogen) atoms. The van der Waals surface area contributed by atoms with Gasteiger partial charge < -0.3 is 19.8 Å². The second kappa shape index (κ2) is 21.3. The molecule has 3 aliphatic rings. The van der Waals surface area contributed by atoms with Gasteiger partial charge >= 0.3 is 0 Å². The Labute approximate surface area is 287 Å². The Kier molecular flexibility index (Phi) is 17.6. The first-order valence-electron chi connectivity index (χ1n) is 18.7. The highest BCUT2D eigenvalue weighted by Crippen LogP contribution is 2.32. The summed E-state index contributed by atoms with van der Waals surface area (Å²) in [5, 5.41) is 6.89. The minimum absolute atomic E-state index is 0.250. The molecule has 0 radical (unpaired) electrons. The van der Waals surface area contributed by atoms with Crippen molar-refractivity contribution in [3.8, 4) is 0 Å². The maximum absolute atomic E-state index is 8.36. The Morgan fingerprint density at radius 1 is 0.830 bits per heavy atom. The Bertz CT molecular complexity index is 1160. The number of aromatic nitrogens is 1. The molecule has 6 nitrogen and oxygen atoms in total. The number of carboxylic acid groups (broad SMARTS) is 1. The largest absolute Gasteiger partial charge is 0.483 e. The zero-order chi connectivity index (χ0) is 34.0. The van der Waals surface area contributed by atoms with E-state index in [-0.39, 0.29) is 6.47 Å². The van der Waals surface area contributed by atoms with Gasteiger partial charge in [0.15, 0.2) is 0 Å². The monoisotopic (exact) mass is 647 g/mol. The van der Waals surface area contributed by atoms with Crippen LogP contribution in [0.3, 0.4) is 0 Å². The minimum Gasteiger partial charge on any atom is -0.483 e. The van der Waals surface area contributed by atoms with Crippen LogP contribution in [0.15, 0.2) is 53.7 Å². The van der Waals surface area contributed by atoms with E-state index in [2.05, 4.69) is 62.3 Å². The number of hydrogen-bond donors (Lipinski definition) is 1. The van der Waals surface area contributed by atoms with Crippen molar-refractivity contribution in [2.45, 2.75) is 112 Å². The zero-order valence-electron chi connectivity index (χ0n) is 30.7. The second-order valence-corrected chi connectivity index (χ2v) is 14.3. The molecule has 3 fully saturated rings. The lowest BCUT2D eigenvalue weighted by Crippen LogP contribution is -2.39. The third-order valence-electron chi connectivity index (χ3n) is 10.8. The van der Waals surface area contributed by atoms with Gasteiger partial charge in [-0.25, -0.2) is 4.98 Å². The zero-order valence-corrected chi connectivity index (χ0v) is 30.7. The van der Waals surface area contributed by atoms with E-state index < -0.39 is 0 Å². The number of nitrogens with zero attached hydrogens (tertiary/aromatic N) is 4. The Morgan fingerprint density at radius 3 is 1.96 bits per heavy atom. The first-order valence-corrected chi connectivity index (χ1v) is 18.7. The quantitative estimate of drug-likeness (QED) is 0.246. The average Bonchev–Trinajstić information content (AvgIpc) is 3.53. The maximum atomic E-state index is 8.36. The Hall–Kier alpha value is -2.70. The van der Waals surface area contributed by atoms with Gasteiger partial charge in [-0.15, -0.1) is 0 Å². The first kappa shape index (κ1) is 38.7. The summed E-state index contributed by atoms with van der Waals surface area (Å²) >= 11 is 0. The number of rotatable bonds is 11. The highest BCUT2D eigenvalue weighted by molar-refractivity contribution is 5.55. The van der Waals surface area contributed by atoms with Gasteiger partial charge in [0, 0.05) is 37.6 Å². The van der Waals surface area contributed by atoms with E-state index in [4.69, 9.17) is 14.9 Å². The van der Waals surface area contributed by atoms with Crippen molar-refractivity contribution in [2.75, 3.05) is 50.7 Å². The van der Waals surface area contributed by atoms with Crippen molar-refractivity contribution in [1.29, 1.82) is 0 Å². The predicted molar refractivity (Wildman–Crippen MR) is 199 cm³/mol. The van der Waals surface area contributed by atoms with Crippen LogP contribution >= 0.6 is 0 Å². The number of piperidine rings is 1. The standard InChI is InChI=1S/C34H58N4.C6H6.CH2O2/c1-7-26(3)33(8-2)38(34-29(6)27(4)22-28(5)35-34)21-17-30-14-18-36(19-15-30)24-32-16-20-37(25-32)23-31-12-10-9-11-13-31;1-2-4-6-5-3-1;2-1-3/h22,30-32H,7-21,23-25H2,1-6H3;1-6H;1H,(H,2,3)/b33-26-;;/t32-;;/m1../s1. The molecule has 1 aromatic carbocycles. The molecule has 1 aromatic heterocycles. The molecular weight excluding hydrogens is 580 g/mol. The lowest BCUT2D eigenvalue weighted by molar-refractivity contribution is -0.122. The fourth-order valence-electron chi connectivity index (χ4n) is 7.92. The van der Waals surface area contributed by atoms with Gasteiger partial charge in [-0.3, -0.25) is 4.79 Å². The molecule has 1 N–H and O–H groups in total. The van der Waals surface area contributed by atoms with Crippen LogP contribution in [0.2, 0.25) is 0 Å². The summed E-state index contributed by atoms with van der Waals surface area (Å²) < 4.78 is 0. The molecule has 0 unspecified atom stereocenters. The molecule has 1 saturated carbocycles. The van der Waals surface area contributed by atoms with E-state index in [9.17, 15) is 0 Å². The smallest absolute Gasteiger partial charge is 0.290 e. The molecule has 1 atom stereocenters. The molecule has 0 amide bonds. The summed E-state index contributed by atoms with van der Waals surface area (Å²) in [5.41, 5.74) is 6.84. The highest BCUT2D eigenvalue weighted by Gasteiger charge is 2.29. The van der Waals surface area contributed by atoms with Crippen molar-refractivity contribution in [3.05, 3.63) is 70.6 Å². The Morgan fingerprint density at radius 2 is 1.38 bits per heavy atom. The Balaban J connectivity index is 0.000000582. The summed E-state index contributed by atoms with van der Waals surface area (Å²) in [6.45, 7) is 22.5. The van der Waals surface area contributed by atoms with Gasteiger partial charge in [0.25, 0.3) is 6.47 Å². The molecule has 6 heteroatoms. The lowest BCUT2D eigenvalue weighted by atomic mass is 9.89. The molecule has 3 heterocycles. The molecular formula is C41H66N4O2. The highest BCUT2D eigenvalue weighted by atomic mass is 16.3. The molecule has 1 aliphatic carbocycles. The summed E-state index contributed by atoms with van der Waals surface area (Å²) in [5.74, 6) is 3.93. The number of anilines is 1. The van der Waals surface area contributed by atoms with Crippen LogP contribution in [0.25, 0.3) is 0 Å². The van der Waals surface area contributed by atoms with Gasteiger partial charge in [0.1, 0.15) is 5.82 Å². The van der Waals surface area contributed by atoms with Crippen LogP contribution in [0, 0.1) is 38.5 Å². The topological polar surface area (TPSA) is 59.9 Å². The SMILES string of the molecule is CC/C(C)=C(/CC)N(CCC1CCN(C[C@H]2CCN(CC3CCCCC3)C2)CC1)c1nc(C)cc(C)c1C.O=CO.c1ccccc1. The van der Waals surface area contributed by atoms with Crippen molar-refractivity contribution >= 4 is 12.3 Å². The normalized spacial score (nSPS) is 20.0. The van der Waals surface area contributed by atoms with Crippen LogP contribution in [0.5, 0.6) is 0 Å². The minimum atomic E-state index is -0.250. The van der Waals surface area contributed by atoms with Crippen molar-refractivity contribution in [2.24, 2.45) is 17.8 Å². The van der Waals surface area contributed by atoms with E-state index in [1.807, 2.05) is 36.4 Å². The van der Waals surface area contributed by atoms with E-state index in [1.54, 1.807) is 0 Å². The first-order chi connectivity index (χ1) is 22.8. The number of benzene rings is 1. The molecule has 2 aromatic rings. The molecule has 0 spiro atoms. The van der Waals surface area contributed by atoms with Gasteiger partial charge in [-0.1, -0.05) is 75.1 Å². The van der Waals surface area contributed by atoms with Crippen LogP contribution in [-0.4, -0.2) is 72.2 Å². The van der Waals surface area contributed by atoms with E-state index in [0.717, 1.165) is 42.8 Å². The third kappa shape index (κ3) is 13.0. The fraction of sp³-hybridized carbons (Fsp3) is 0.659. The number of likely N-dealkylation sites (tertiary alicyclic amines) is 2. The molecule has 262 valence electrons. The van der Waals surface area contributed by atoms with Crippen LogP contribution in [-0.2, 0) is 4.79 Å². The number of allylic oxidation sites excluding steroid dienone is 2. The summed E-state index contributed by atoms with van der Waals surface area (Å²) in [6.07, 6.45) is 15.0. The van der Waals surface area contributed by atoms with Crippen LogP contribution in [0.4, 0.5) is 5.82 Å². The maximum Gasteiger partial charge on any atom is 0.290 e. The molecule has 2 saturated heterocycles. The number of aryl methyl sites for hydroxylation is 2. The molecule has 5 rings (SSSR count). The molecule has 2 aliphatic heterocycles. The van der Waals surface area contributed by atoms with E-state index in [0.29, 0.717) is 0 Å². The van der Waals surface area contributed by atoms with Crippen LogP contribution < -0.4 is 4.90 Å².